The summed E-state index contributed by atoms with van der Waals surface area (Å²) < 4.78 is 28.1. The second-order valence-corrected chi connectivity index (χ2v) is 9.84. The van der Waals surface area contributed by atoms with Crippen molar-refractivity contribution in [2.45, 2.75) is 24.2 Å². The van der Waals surface area contributed by atoms with Crippen LogP contribution in [0.3, 0.4) is 0 Å². The molecule has 1 aromatic heterocycles. The molecule has 0 saturated carbocycles. The van der Waals surface area contributed by atoms with Crippen LogP contribution in [0.5, 0.6) is 0 Å². The number of hydrogen-bond donors (Lipinski definition) is 0. The Balaban J connectivity index is 1.45. The van der Waals surface area contributed by atoms with E-state index in [1.54, 1.807) is 28.7 Å². The van der Waals surface area contributed by atoms with E-state index in [0.717, 1.165) is 24.9 Å². The summed E-state index contributed by atoms with van der Waals surface area (Å²) in [5.74, 6) is 1.65. The number of halogens is 1. The topological polar surface area (TPSA) is 69.6 Å². The van der Waals surface area contributed by atoms with Crippen LogP contribution in [-0.4, -0.2) is 62.0 Å². The van der Waals surface area contributed by atoms with Crippen LogP contribution in [0.2, 0.25) is 0 Å². The van der Waals surface area contributed by atoms with Crippen LogP contribution >= 0.6 is 15.9 Å². The standard InChI is InChI=1S/C19H24BrN5O2S/c20-16-6-2-3-7-17(16)28(26,27)25-14-12-23(13-15-25)18-8-9-21-19(22-18)24-10-4-1-5-11-24/h2-3,6-9H,1,4-5,10-15H2. The molecule has 4 rings (SSSR count). The zero-order chi connectivity index (χ0) is 19.6. The van der Waals surface area contributed by atoms with Gasteiger partial charge in [0.2, 0.25) is 16.0 Å². The van der Waals surface area contributed by atoms with E-state index in [4.69, 9.17) is 4.98 Å². The molecule has 0 unspecified atom stereocenters. The number of aromatic nitrogens is 2. The van der Waals surface area contributed by atoms with Crippen LogP contribution in [0.1, 0.15) is 19.3 Å². The molecule has 2 aliphatic heterocycles. The van der Waals surface area contributed by atoms with Crippen LogP contribution in [0.25, 0.3) is 0 Å². The van der Waals surface area contributed by atoms with Gasteiger partial charge in [0.15, 0.2) is 0 Å². The largest absolute Gasteiger partial charge is 0.354 e. The summed E-state index contributed by atoms with van der Waals surface area (Å²) in [6.07, 6.45) is 5.43. The predicted molar refractivity (Wildman–Crippen MR) is 113 cm³/mol. The molecule has 0 atom stereocenters. The summed E-state index contributed by atoms with van der Waals surface area (Å²) in [6, 6.07) is 8.87. The van der Waals surface area contributed by atoms with Crippen molar-refractivity contribution < 1.29 is 8.42 Å². The zero-order valence-corrected chi connectivity index (χ0v) is 18.1. The number of rotatable bonds is 4. The summed E-state index contributed by atoms with van der Waals surface area (Å²) in [5.41, 5.74) is 0. The van der Waals surface area contributed by atoms with E-state index >= 15 is 0 Å². The molecular weight excluding hydrogens is 442 g/mol. The van der Waals surface area contributed by atoms with E-state index in [1.165, 1.54) is 19.3 Å². The normalized spacial score (nSPS) is 19.0. The molecule has 2 aromatic rings. The van der Waals surface area contributed by atoms with E-state index in [9.17, 15) is 8.42 Å². The first-order valence-corrected chi connectivity index (χ1v) is 11.9. The Morgan fingerprint density at radius 1 is 0.857 bits per heavy atom. The van der Waals surface area contributed by atoms with E-state index < -0.39 is 10.0 Å². The van der Waals surface area contributed by atoms with E-state index in [0.29, 0.717) is 35.5 Å². The molecule has 3 heterocycles. The van der Waals surface area contributed by atoms with Crippen molar-refractivity contribution in [3.8, 4) is 0 Å². The summed E-state index contributed by atoms with van der Waals surface area (Å²) in [4.78, 5) is 13.9. The van der Waals surface area contributed by atoms with Gasteiger partial charge in [-0.15, -0.1) is 0 Å². The maximum atomic E-state index is 13.0. The van der Waals surface area contributed by atoms with Gasteiger partial charge in [-0.1, -0.05) is 12.1 Å². The Labute approximate surface area is 174 Å². The van der Waals surface area contributed by atoms with Crippen molar-refractivity contribution in [3.05, 3.63) is 41.0 Å². The lowest BCUT2D eigenvalue weighted by atomic mass is 10.1. The van der Waals surface area contributed by atoms with Crippen LogP contribution in [-0.2, 0) is 10.0 Å². The molecule has 0 aliphatic carbocycles. The van der Waals surface area contributed by atoms with Crippen LogP contribution in [0.4, 0.5) is 11.8 Å². The van der Waals surface area contributed by atoms with Crippen molar-refractivity contribution in [1.82, 2.24) is 14.3 Å². The minimum Gasteiger partial charge on any atom is -0.354 e. The van der Waals surface area contributed by atoms with Crippen LogP contribution < -0.4 is 9.80 Å². The van der Waals surface area contributed by atoms with Crippen LogP contribution in [0.15, 0.2) is 45.9 Å². The number of sulfonamides is 1. The third kappa shape index (κ3) is 4.01. The van der Waals surface area contributed by atoms with Gasteiger partial charge in [-0.2, -0.15) is 9.29 Å². The lowest BCUT2D eigenvalue weighted by molar-refractivity contribution is 0.383. The van der Waals surface area contributed by atoms with Gasteiger partial charge in [0, 0.05) is 49.9 Å². The highest BCUT2D eigenvalue weighted by atomic mass is 79.9. The van der Waals surface area contributed by atoms with E-state index in [-0.39, 0.29) is 0 Å². The number of anilines is 2. The van der Waals surface area contributed by atoms with Crippen molar-refractivity contribution in [3.63, 3.8) is 0 Å². The Morgan fingerprint density at radius 3 is 2.29 bits per heavy atom. The quantitative estimate of drug-likeness (QED) is 0.691. The van der Waals surface area contributed by atoms with Gasteiger partial charge in [-0.25, -0.2) is 13.4 Å². The number of benzene rings is 1. The van der Waals surface area contributed by atoms with Gasteiger partial charge < -0.3 is 9.80 Å². The first-order chi connectivity index (χ1) is 13.6. The number of hydrogen-bond acceptors (Lipinski definition) is 6. The van der Waals surface area contributed by atoms with Crippen molar-refractivity contribution >= 4 is 37.7 Å². The van der Waals surface area contributed by atoms with Crippen molar-refractivity contribution in [2.75, 3.05) is 49.1 Å². The molecule has 0 spiro atoms. The molecule has 1 aromatic carbocycles. The smallest absolute Gasteiger partial charge is 0.244 e. The summed E-state index contributed by atoms with van der Waals surface area (Å²) in [5, 5.41) is 0. The van der Waals surface area contributed by atoms with Gasteiger partial charge >= 0.3 is 0 Å². The lowest BCUT2D eigenvalue weighted by Gasteiger charge is -2.35. The fourth-order valence-electron chi connectivity index (χ4n) is 3.71. The summed E-state index contributed by atoms with van der Waals surface area (Å²) in [6.45, 7) is 4.10. The zero-order valence-electron chi connectivity index (χ0n) is 15.7. The Bertz CT molecular complexity index is 925. The minimum atomic E-state index is -3.50. The Kier molecular flexibility index (Phi) is 5.84. The van der Waals surface area contributed by atoms with Gasteiger partial charge in [0.1, 0.15) is 5.82 Å². The molecule has 9 heteroatoms. The molecule has 0 radical (unpaired) electrons. The number of piperazine rings is 1. The predicted octanol–water partition coefficient (Wildman–Crippen LogP) is 2.74. The molecule has 0 bridgehead atoms. The SMILES string of the molecule is O=S(=O)(c1ccccc1Br)N1CCN(c2ccnc(N3CCCCC3)n2)CC1. The third-order valence-electron chi connectivity index (χ3n) is 5.28. The second kappa shape index (κ2) is 8.34. The monoisotopic (exact) mass is 465 g/mol. The van der Waals surface area contributed by atoms with Crippen molar-refractivity contribution in [2.24, 2.45) is 0 Å². The Hall–Kier alpha value is -1.71. The molecule has 150 valence electrons. The second-order valence-electron chi connectivity index (χ2n) is 7.08. The molecule has 2 aliphatic rings. The molecule has 0 amide bonds. The number of piperidine rings is 1. The van der Waals surface area contributed by atoms with Gasteiger partial charge in [-0.05, 0) is 53.4 Å². The molecule has 7 nitrogen and oxygen atoms in total. The molecule has 28 heavy (non-hydrogen) atoms. The highest BCUT2D eigenvalue weighted by molar-refractivity contribution is 9.10. The minimum absolute atomic E-state index is 0.317. The van der Waals surface area contributed by atoms with Gasteiger partial charge in [0.05, 0.1) is 4.90 Å². The first-order valence-electron chi connectivity index (χ1n) is 9.63. The molecule has 2 saturated heterocycles. The molecule has 0 N–H and O–H groups in total. The molecule has 2 fully saturated rings. The first kappa shape index (κ1) is 19.6. The lowest BCUT2D eigenvalue weighted by Crippen LogP contribution is -2.49. The summed E-state index contributed by atoms with van der Waals surface area (Å²) >= 11 is 3.36. The number of nitrogens with zero attached hydrogens (tertiary/aromatic N) is 5. The average molecular weight is 466 g/mol. The van der Waals surface area contributed by atoms with Crippen molar-refractivity contribution in [1.29, 1.82) is 0 Å². The third-order valence-corrected chi connectivity index (χ3v) is 8.19. The highest BCUT2D eigenvalue weighted by Crippen LogP contribution is 2.26. The highest BCUT2D eigenvalue weighted by Gasteiger charge is 2.30. The fourth-order valence-corrected chi connectivity index (χ4v) is 6.10. The average Bonchev–Trinajstić information content (AvgIpc) is 2.75. The molecular formula is C19H24BrN5O2S. The van der Waals surface area contributed by atoms with E-state index in [1.807, 2.05) is 12.1 Å². The van der Waals surface area contributed by atoms with Crippen LogP contribution in [0, 0.1) is 0 Å². The van der Waals surface area contributed by atoms with Gasteiger partial charge in [0.25, 0.3) is 0 Å². The Morgan fingerprint density at radius 2 is 1.57 bits per heavy atom. The maximum Gasteiger partial charge on any atom is 0.244 e. The van der Waals surface area contributed by atoms with E-state index in [2.05, 4.69) is 30.7 Å². The summed E-state index contributed by atoms with van der Waals surface area (Å²) in [7, 11) is -3.50. The maximum absolute atomic E-state index is 13.0. The van der Waals surface area contributed by atoms with Gasteiger partial charge in [-0.3, -0.25) is 0 Å². The fraction of sp³-hybridized carbons (Fsp3) is 0.474.